The standard InChI is InChI=1S/C19H23N3O2S/c1-14(2)12-22(13-17(23)21-19-20-11-15(3)25-19)18(24)10-9-16-7-5-4-6-8-16/h4-11,14H,12-13H2,1-3H3,(H,20,21,23)/b10-9+. The Kier molecular flexibility index (Phi) is 6.89. The number of hydrogen-bond donors (Lipinski definition) is 1. The van der Waals surface area contributed by atoms with E-state index in [1.165, 1.54) is 17.4 Å². The minimum atomic E-state index is -0.239. The Hall–Kier alpha value is -2.47. The van der Waals surface area contributed by atoms with E-state index < -0.39 is 0 Å². The third kappa shape index (κ3) is 6.51. The molecule has 25 heavy (non-hydrogen) atoms. The molecule has 0 aliphatic carbocycles. The van der Waals surface area contributed by atoms with E-state index >= 15 is 0 Å². The van der Waals surface area contributed by atoms with Gasteiger partial charge >= 0.3 is 0 Å². The minimum absolute atomic E-state index is 0.00870. The predicted octanol–water partition coefficient (Wildman–Crippen LogP) is 3.59. The molecule has 2 rings (SSSR count). The first-order valence-electron chi connectivity index (χ1n) is 8.18. The Bertz CT molecular complexity index is 738. The molecule has 1 aromatic carbocycles. The molecule has 0 aliphatic heterocycles. The number of aromatic nitrogens is 1. The van der Waals surface area contributed by atoms with Crippen molar-refractivity contribution in [2.75, 3.05) is 18.4 Å². The lowest BCUT2D eigenvalue weighted by Gasteiger charge is -2.22. The van der Waals surface area contributed by atoms with Crippen LogP contribution in [0.3, 0.4) is 0 Å². The molecule has 5 nitrogen and oxygen atoms in total. The predicted molar refractivity (Wildman–Crippen MR) is 102 cm³/mol. The Morgan fingerprint density at radius 2 is 2.00 bits per heavy atom. The quantitative estimate of drug-likeness (QED) is 0.770. The molecular weight excluding hydrogens is 334 g/mol. The molecule has 2 aromatic rings. The first kappa shape index (κ1) is 18.9. The number of carbonyl (C=O) groups is 2. The van der Waals surface area contributed by atoms with Gasteiger partial charge in [0.05, 0.1) is 0 Å². The topological polar surface area (TPSA) is 62.3 Å². The summed E-state index contributed by atoms with van der Waals surface area (Å²) in [6, 6.07) is 9.61. The average molecular weight is 357 g/mol. The van der Waals surface area contributed by atoms with Crippen LogP contribution in [0.25, 0.3) is 6.08 Å². The smallest absolute Gasteiger partial charge is 0.247 e. The summed E-state index contributed by atoms with van der Waals surface area (Å²) >= 11 is 1.41. The van der Waals surface area contributed by atoms with E-state index in [1.807, 2.05) is 51.1 Å². The van der Waals surface area contributed by atoms with Crippen LogP contribution in [0.2, 0.25) is 0 Å². The van der Waals surface area contributed by atoms with Crippen LogP contribution in [-0.2, 0) is 9.59 Å². The van der Waals surface area contributed by atoms with Gasteiger partial charge in [0.2, 0.25) is 11.8 Å². The molecule has 0 spiro atoms. The summed E-state index contributed by atoms with van der Waals surface area (Å²) in [5.74, 6) is -0.150. The Balaban J connectivity index is 2.00. The van der Waals surface area contributed by atoms with E-state index in [-0.39, 0.29) is 24.3 Å². The maximum absolute atomic E-state index is 12.5. The van der Waals surface area contributed by atoms with Crippen molar-refractivity contribution in [1.29, 1.82) is 0 Å². The maximum Gasteiger partial charge on any atom is 0.247 e. The lowest BCUT2D eigenvalue weighted by Crippen LogP contribution is -2.39. The van der Waals surface area contributed by atoms with Crippen molar-refractivity contribution in [2.45, 2.75) is 20.8 Å². The van der Waals surface area contributed by atoms with Crippen molar-refractivity contribution >= 4 is 34.4 Å². The number of rotatable bonds is 7. The van der Waals surface area contributed by atoms with Crippen molar-refractivity contribution in [2.24, 2.45) is 5.92 Å². The van der Waals surface area contributed by atoms with Crippen LogP contribution in [0, 0.1) is 12.8 Å². The molecular formula is C19H23N3O2S. The number of benzene rings is 1. The minimum Gasteiger partial charge on any atom is -0.330 e. The zero-order valence-electron chi connectivity index (χ0n) is 14.7. The summed E-state index contributed by atoms with van der Waals surface area (Å²) in [7, 11) is 0. The van der Waals surface area contributed by atoms with E-state index in [2.05, 4.69) is 10.3 Å². The van der Waals surface area contributed by atoms with Crippen molar-refractivity contribution in [3.8, 4) is 0 Å². The molecule has 1 aromatic heterocycles. The molecule has 0 saturated carbocycles. The lowest BCUT2D eigenvalue weighted by atomic mass is 10.2. The van der Waals surface area contributed by atoms with Gasteiger partial charge in [-0.05, 0) is 24.5 Å². The van der Waals surface area contributed by atoms with Crippen LogP contribution in [0.5, 0.6) is 0 Å². The molecule has 0 bridgehead atoms. The number of nitrogens with zero attached hydrogens (tertiary/aromatic N) is 2. The first-order chi connectivity index (χ1) is 11.9. The molecule has 132 valence electrons. The van der Waals surface area contributed by atoms with Crippen molar-refractivity contribution in [3.63, 3.8) is 0 Å². The van der Waals surface area contributed by atoms with Gasteiger partial charge in [0.15, 0.2) is 5.13 Å². The highest BCUT2D eigenvalue weighted by atomic mass is 32.1. The molecule has 0 saturated heterocycles. The fourth-order valence-electron chi connectivity index (χ4n) is 2.25. The summed E-state index contributed by atoms with van der Waals surface area (Å²) in [5, 5.41) is 3.30. The monoisotopic (exact) mass is 357 g/mol. The highest BCUT2D eigenvalue weighted by Gasteiger charge is 2.17. The Morgan fingerprint density at radius 3 is 2.60 bits per heavy atom. The van der Waals surface area contributed by atoms with Gasteiger partial charge in [0, 0.05) is 23.7 Å². The zero-order valence-corrected chi connectivity index (χ0v) is 15.5. The second-order valence-corrected chi connectivity index (χ2v) is 7.42. The van der Waals surface area contributed by atoms with Crippen LogP contribution in [0.15, 0.2) is 42.6 Å². The summed E-state index contributed by atoms with van der Waals surface area (Å²) in [6.45, 7) is 6.49. The highest BCUT2D eigenvalue weighted by Crippen LogP contribution is 2.16. The first-order valence-corrected chi connectivity index (χ1v) is 9.00. The van der Waals surface area contributed by atoms with Gasteiger partial charge in [-0.25, -0.2) is 4.98 Å². The summed E-state index contributed by atoms with van der Waals surface area (Å²) in [5.41, 5.74) is 0.947. The summed E-state index contributed by atoms with van der Waals surface area (Å²) in [4.78, 5) is 31.4. The normalized spacial score (nSPS) is 11.0. The highest BCUT2D eigenvalue weighted by molar-refractivity contribution is 7.15. The number of anilines is 1. The largest absolute Gasteiger partial charge is 0.330 e. The van der Waals surface area contributed by atoms with E-state index in [1.54, 1.807) is 17.2 Å². The molecule has 2 amide bonds. The Morgan fingerprint density at radius 1 is 1.28 bits per heavy atom. The lowest BCUT2D eigenvalue weighted by molar-refractivity contribution is -0.131. The number of carbonyl (C=O) groups excluding carboxylic acids is 2. The van der Waals surface area contributed by atoms with E-state index in [9.17, 15) is 9.59 Å². The summed E-state index contributed by atoms with van der Waals surface area (Å²) in [6.07, 6.45) is 4.98. The number of thiazole rings is 1. The van der Waals surface area contributed by atoms with Crippen LogP contribution >= 0.6 is 11.3 Å². The fraction of sp³-hybridized carbons (Fsp3) is 0.316. The Labute approximate surface area is 152 Å². The average Bonchev–Trinajstić information content (AvgIpc) is 2.97. The van der Waals surface area contributed by atoms with Crippen molar-refractivity contribution < 1.29 is 9.59 Å². The number of amides is 2. The third-order valence-corrected chi connectivity index (χ3v) is 4.15. The van der Waals surface area contributed by atoms with Crippen LogP contribution < -0.4 is 5.32 Å². The molecule has 0 atom stereocenters. The second kappa shape index (κ2) is 9.13. The molecule has 1 N–H and O–H groups in total. The summed E-state index contributed by atoms with van der Waals surface area (Å²) < 4.78 is 0. The van der Waals surface area contributed by atoms with Crippen LogP contribution in [0.1, 0.15) is 24.3 Å². The molecule has 0 aliphatic rings. The van der Waals surface area contributed by atoms with Crippen molar-refractivity contribution in [1.82, 2.24) is 9.88 Å². The van der Waals surface area contributed by atoms with E-state index in [0.29, 0.717) is 11.7 Å². The third-order valence-electron chi connectivity index (χ3n) is 3.32. The van der Waals surface area contributed by atoms with Crippen LogP contribution in [0.4, 0.5) is 5.13 Å². The number of nitrogens with one attached hydrogen (secondary N) is 1. The SMILES string of the molecule is Cc1cnc(NC(=O)CN(CC(C)C)C(=O)/C=C/c2ccccc2)s1. The fourth-order valence-corrected chi connectivity index (χ4v) is 2.94. The molecule has 0 unspecified atom stereocenters. The molecule has 0 fully saturated rings. The van der Waals surface area contributed by atoms with Gasteiger partial charge in [-0.3, -0.25) is 9.59 Å². The van der Waals surface area contributed by atoms with E-state index in [0.717, 1.165) is 10.4 Å². The van der Waals surface area contributed by atoms with Gasteiger partial charge in [-0.1, -0.05) is 44.2 Å². The number of hydrogen-bond acceptors (Lipinski definition) is 4. The van der Waals surface area contributed by atoms with Gasteiger partial charge in [0.25, 0.3) is 0 Å². The number of aryl methyl sites for hydroxylation is 1. The van der Waals surface area contributed by atoms with Crippen molar-refractivity contribution in [3.05, 3.63) is 53.0 Å². The molecule has 1 heterocycles. The van der Waals surface area contributed by atoms with Gasteiger partial charge in [-0.2, -0.15) is 0 Å². The second-order valence-electron chi connectivity index (χ2n) is 6.18. The molecule has 6 heteroatoms. The van der Waals surface area contributed by atoms with Gasteiger partial charge in [0.1, 0.15) is 6.54 Å². The van der Waals surface area contributed by atoms with Gasteiger partial charge in [-0.15, -0.1) is 11.3 Å². The van der Waals surface area contributed by atoms with Crippen LogP contribution in [-0.4, -0.2) is 34.8 Å². The maximum atomic E-state index is 12.5. The van der Waals surface area contributed by atoms with Gasteiger partial charge < -0.3 is 10.2 Å². The van der Waals surface area contributed by atoms with E-state index in [4.69, 9.17) is 0 Å². The zero-order chi connectivity index (χ0) is 18.2. The molecule has 0 radical (unpaired) electrons.